The van der Waals surface area contributed by atoms with Crippen LogP contribution in [0.3, 0.4) is 0 Å². The maximum Gasteiger partial charge on any atom is 0.134 e. The van der Waals surface area contributed by atoms with E-state index in [9.17, 15) is 5.11 Å². The number of aromatic hydroxyl groups is 1. The van der Waals surface area contributed by atoms with E-state index < -0.39 is 37.3 Å². The number of hydrogen-bond acceptors (Lipinski definition) is 1. The Hall–Kier alpha value is -0.690. The second-order valence-corrected chi connectivity index (χ2v) is 2.82. The number of phenolic OH excluding ortho intramolecular Hbond substituents is 1. The van der Waals surface area contributed by atoms with Gasteiger partial charge in [-0.25, -0.2) is 0 Å². The number of benzene rings is 1. The van der Waals surface area contributed by atoms with Crippen LogP contribution >= 0.6 is 11.6 Å². The fraction of sp³-hybridized carbons (Fsp3) is 0.400. The first-order valence-corrected chi connectivity index (χ1v) is 3.53. The molecule has 0 fully saturated rings. The topological polar surface area (TPSA) is 20.2 Å². The highest BCUT2D eigenvalue weighted by atomic mass is 35.5. The highest BCUT2D eigenvalue weighted by Crippen LogP contribution is 2.29. The molecule has 0 aromatic heterocycles. The number of phenols is 1. The predicted molar refractivity (Wildman–Crippen MR) is 51.8 cm³/mol. The lowest BCUT2D eigenvalue weighted by Gasteiger charge is -2.19. The van der Waals surface area contributed by atoms with E-state index in [-0.39, 0.29) is 5.02 Å². The minimum atomic E-state index is -3.34. The Morgan fingerprint density at radius 1 is 1.42 bits per heavy atom. The smallest absolute Gasteiger partial charge is 0.134 e. The monoisotopic (exact) mass is 193 g/mol. The van der Waals surface area contributed by atoms with Crippen LogP contribution in [0.1, 0.15) is 38.5 Å². The molecule has 0 atom stereocenters. The molecule has 1 aromatic rings. The zero-order chi connectivity index (χ0) is 16.9. The summed E-state index contributed by atoms with van der Waals surface area (Å²) in [4.78, 5) is 0. The maximum absolute atomic E-state index is 9.36. The summed E-state index contributed by atoms with van der Waals surface area (Å²) in [6, 6.07) is 2.78. The fourth-order valence-electron chi connectivity index (χ4n) is 0.740. The minimum Gasteiger partial charge on any atom is -0.506 e. The van der Waals surface area contributed by atoms with Gasteiger partial charge in [-0.1, -0.05) is 38.2 Å². The molecule has 0 aliphatic heterocycles. The molecule has 1 rings (SSSR count). The molecule has 0 saturated heterocycles. The maximum atomic E-state index is 9.36. The van der Waals surface area contributed by atoms with Gasteiger partial charge in [0.05, 0.1) is 5.02 Å². The van der Waals surface area contributed by atoms with Crippen molar-refractivity contribution in [3.8, 4) is 5.75 Å². The lowest BCUT2D eigenvalue weighted by molar-refractivity contribution is 0.474. The van der Waals surface area contributed by atoms with Crippen molar-refractivity contribution in [1.82, 2.24) is 0 Å². The Morgan fingerprint density at radius 2 is 2.08 bits per heavy atom. The molecule has 0 aliphatic rings. The Kier molecular flexibility index (Phi) is 0.724. The summed E-state index contributed by atoms with van der Waals surface area (Å²) >= 11 is 5.67. The molecule has 0 heterocycles. The average molecular weight is 194 g/mol. The summed E-state index contributed by atoms with van der Waals surface area (Å²) in [6.45, 7) is -10.0. The molecule has 1 nitrogen and oxygen atoms in total. The largest absolute Gasteiger partial charge is 0.506 e. The van der Waals surface area contributed by atoms with Crippen molar-refractivity contribution in [2.24, 2.45) is 0 Å². The van der Waals surface area contributed by atoms with Gasteiger partial charge in [0.15, 0.2) is 0 Å². The van der Waals surface area contributed by atoms with Crippen molar-refractivity contribution in [2.75, 3.05) is 0 Å². The van der Waals surface area contributed by atoms with Gasteiger partial charge in [0.25, 0.3) is 0 Å². The molecule has 0 spiro atoms. The molecular weight excluding hydrogens is 172 g/mol. The molecule has 1 N–H and O–H groups in total. The Balaban J connectivity index is 3.86. The zero-order valence-electron chi connectivity index (χ0n) is 15.1. The van der Waals surface area contributed by atoms with Crippen LogP contribution in [0.5, 0.6) is 5.75 Å². The third-order valence-corrected chi connectivity index (χ3v) is 1.68. The lowest BCUT2D eigenvalue weighted by Crippen LogP contribution is -2.10. The third kappa shape index (κ3) is 1.92. The van der Waals surface area contributed by atoms with Crippen LogP contribution in [0, 0.1) is 0 Å². The molecule has 0 bridgehead atoms. The Morgan fingerprint density at radius 3 is 2.58 bits per heavy atom. The van der Waals surface area contributed by atoms with E-state index in [4.69, 9.17) is 23.9 Å². The van der Waals surface area contributed by atoms with Crippen LogP contribution in [-0.2, 0) is 5.41 Å². The van der Waals surface area contributed by atoms with Gasteiger partial charge < -0.3 is 5.11 Å². The summed E-state index contributed by atoms with van der Waals surface area (Å²) in [6.07, 6.45) is 0. The first kappa shape index (κ1) is 2.91. The van der Waals surface area contributed by atoms with Gasteiger partial charge >= 0.3 is 0 Å². The Labute approximate surface area is 90.6 Å². The fourth-order valence-corrected chi connectivity index (χ4v) is 0.921. The van der Waals surface area contributed by atoms with Gasteiger partial charge in [-0.05, 0) is 23.1 Å². The molecular formula is C10H13ClO. The van der Waals surface area contributed by atoms with Crippen LogP contribution in [-0.4, -0.2) is 5.11 Å². The summed E-state index contributed by atoms with van der Waals surface area (Å²) < 4.78 is 67.7. The first-order chi connectivity index (χ1) is 9.16. The van der Waals surface area contributed by atoms with Crippen molar-refractivity contribution in [3.05, 3.63) is 28.8 Å². The average Bonchev–Trinajstić information content (AvgIpc) is 2.17. The summed E-state index contributed by atoms with van der Waals surface area (Å²) in [7, 11) is 0. The van der Waals surface area contributed by atoms with E-state index in [1.165, 1.54) is 0 Å². The van der Waals surface area contributed by atoms with Gasteiger partial charge in [0.2, 0.25) is 0 Å². The molecule has 12 heavy (non-hydrogen) atoms. The number of halogens is 1. The molecule has 0 unspecified atom stereocenters. The molecule has 0 saturated carbocycles. The van der Waals surface area contributed by atoms with Crippen LogP contribution in [0.15, 0.2) is 18.2 Å². The second-order valence-electron chi connectivity index (χ2n) is 2.42. The number of hydrogen-bond donors (Lipinski definition) is 1. The summed E-state index contributed by atoms with van der Waals surface area (Å²) in [5, 5.41) is 9.04. The molecule has 2 heteroatoms. The quantitative estimate of drug-likeness (QED) is 0.670. The van der Waals surface area contributed by atoms with Gasteiger partial charge in [-0.2, -0.15) is 0 Å². The van der Waals surface area contributed by atoms with Crippen molar-refractivity contribution in [3.63, 3.8) is 0 Å². The molecule has 0 amide bonds. The zero-order valence-corrected chi connectivity index (χ0v) is 6.81. The van der Waals surface area contributed by atoms with E-state index >= 15 is 0 Å². The van der Waals surface area contributed by atoms with Crippen LogP contribution in [0.25, 0.3) is 0 Å². The van der Waals surface area contributed by atoms with E-state index in [1.54, 1.807) is 0 Å². The highest BCUT2D eigenvalue weighted by molar-refractivity contribution is 6.32. The SMILES string of the molecule is [2H]C([2H])([2H])C(c1ccc(O)c(Cl)c1)(C([2H])([2H])[2H])C([2H])([2H])[2H]. The van der Waals surface area contributed by atoms with Gasteiger partial charge in [-0.3, -0.25) is 0 Å². The first-order valence-electron chi connectivity index (χ1n) is 7.65. The molecule has 1 aromatic carbocycles. The lowest BCUT2D eigenvalue weighted by atomic mass is 9.87. The standard InChI is InChI=1S/C10H13ClO/c1-10(2,3)7-4-5-9(12)8(11)6-7/h4-6,12H,1-3H3/i1D3,2D3,3D3. The van der Waals surface area contributed by atoms with Gasteiger partial charge in [0.1, 0.15) is 5.75 Å². The van der Waals surface area contributed by atoms with Crippen molar-refractivity contribution < 1.29 is 17.4 Å². The number of rotatable bonds is 0. The molecule has 0 radical (unpaired) electrons. The van der Waals surface area contributed by atoms with Crippen LogP contribution < -0.4 is 0 Å². The van der Waals surface area contributed by atoms with E-state index in [2.05, 4.69) is 0 Å². The van der Waals surface area contributed by atoms with Crippen molar-refractivity contribution >= 4 is 11.6 Å². The van der Waals surface area contributed by atoms with E-state index in [0.717, 1.165) is 18.2 Å². The van der Waals surface area contributed by atoms with E-state index in [0.29, 0.717) is 0 Å². The summed E-state index contributed by atoms with van der Waals surface area (Å²) in [5.41, 5.74) is -3.60. The third-order valence-electron chi connectivity index (χ3n) is 1.38. The van der Waals surface area contributed by atoms with Crippen LogP contribution in [0.4, 0.5) is 0 Å². The molecule has 66 valence electrons. The van der Waals surface area contributed by atoms with Gasteiger partial charge in [-0.15, -0.1) is 0 Å². The van der Waals surface area contributed by atoms with Crippen molar-refractivity contribution in [1.29, 1.82) is 0 Å². The summed E-state index contributed by atoms with van der Waals surface area (Å²) in [5.74, 6) is -0.407. The van der Waals surface area contributed by atoms with Crippen LogP contribution in [0.2, 0.25) is 5.02 Å². The molecule has 0 aliphatic carbocycles. The minimum absolute atomic E-state index is 0.324. The highest BCUT2D eigenvalue weighted by Gasteiger charge is 2.14. The van der Waals surface area contributed by atoms with Gasteiger partial charge in [0, 0.05) is 12.3 Å². The normalized spacial score (nSPS) is 25.9. The Bertz CT molecular complexity index is 493. The van der Waals surface area contributed by atoms with Crippen molar-refractivity contribution in [2.45, 2.75) is 26.0 Å². The predicted octanol–water partition coefficient (Wildman–Crippen LogP) is 3.34. The van der Waals surface area contributed by atoms with E-state index in [1.807, 2.05) is 0 Å². The second kappa shape index (κ2) is 2.98.